The average molecular weight is 234 g/mol. The number of aliphatic carboxylic acids is 1. The number of methoxy groups -OCH3 is 1. The van der Waals surface area contributed by atoms with Crippen LogP contribution in [0.5, 0.6) is 0 Å². The minimum atomic E-state index is -0.907. The van der Waals surface area contributed by atoms with Gasteiger partial charge < -0.3 is 24.8 Å². The average Bonchev–Trinajstić information content (AvgIpc) is 2.20. The van der Waals surface area contributed by atoms with E-state index in [9.17, 15) is 4.79 Å². The van der Waals surface area contributed by atoms with Gasteiger partial charge in [-0.25, -0.2) is 0 Å². The topological polar surface area (TPSA) is 71.0 Å². The van der Waals surface area contributed by atoms with E-state index in [-0.39, 0.29) is 6.61 Å². The highest BCUT2D eigenvalue weighted by Gasteiger charge is 2.15. The van der Waals surface area contributed by atoms with E-state index in [1.807, 2.05) is 19.0 Å². The van der Waals surface area contributed by atoms with E-state index < -0.39 is 12.0 Å². The van der Waals surface area contributed by atoms with Crippen molar-refractivity contribution in [2.45, 2.75) is 6.04 Å². The third-order valence-electron chi connectivity index (χ3n) is 1.95. The molecule has 0 spiro atoms. The number of carboxylic acid groups (broad SMARTS) is 1. The van der Waals surface area contributed by atoms with Gasteiger partial charge in [0.05, 0.1) is 19.8 Å². The second-order valence-electron chi connectivity index (χ2n) is 3.72. The number of carboxylic acids is 1. The molecule has 0 saturated heterocycles. The summed E-state index contributed by atoms with van der Waals surface area (Å²) in [4.78, 5) is 12.7. The molecule has 1 atom stereocenters. The summed E-state index contributed by atoms with van der Waals surface area (Å²) in [5.74, 6) is -0.907. The molecule has 0 aliphatic carbocycles. The maximum absolute atomic E-state index is 10.7. The number of ether oxygens (including phenoxy) is 2. The normalized spacial score (nSPS) is 13.0. The first kappa shape index (κ1) is 15.3. The zero-order valence-corrected chi connectivity index (χ0v) is 10.2. The number of nitrogens with zero attached hydrogens (tertiary/aromatic N) is 1. The van der Waals surface area contributed by atoms with Crippen molar-refractivity contribution in [2.75, 3.05) is 54.1 Å². The standard InChI is InChI=1S/C10H22N2O4/c1-12(2)5-7-16-6-4-11-9(8-15-3)10(13)14/h9,11H,4-8H2,1-3H3,(H,13,14). The Hall–Kier alpha value is -0.690. The summed E-state index contributed by atoms with van der Waals surface area (Å²) in [5.41, 5.74) is 0. The van der Waals surface area contributed by atoms with Gasteiger partial charge in [-0.3, -0.25) is 4.79 Å². The van der Waals surface area contributed by atoms with Crippen LogP contribution in [0.3, 0.4) is 0 Å². The molecule has 6 nitrogen and oxygen atoms in total. The fourth-order valence-electron chi connectivity index (χ4n) is 1.04. The SMILES string of the molecule is COCC(NCCOCCN(C)C)C(=O)O. The van der Waals surface area contributed by atoms with Gasteiger partial charge in [0, 0.05) is 20.2 Å². The first-order valence-corrected chi connectivity index (χ1v) is 5.25. The Morgan fingerprint density at radius 3 is 2.62 bits per heavy atom. The van der Waals surface area contributed by atoms with Gasteiger partial charge in [0.1, 0.15) is 6.04 Å². The number of likely N-dealkylation sites (N-methyl/N-ethyl adjacent to an activating group) is 1. The van der Waals surface area contributed by atoms with Crippen LogP contribution in [-0.4, -0.2) is 76.1 Å². The van der Waals surface area contributed by atoms with Gasteiger partial charge in [0.2, 0.25) is 0 Å². The Morgan fingerprint density at radius 2 is 2.12 bits per heavy atom. The van der Waals surface area contributed by atoms with E-state index in [1.165, 1.54) is 7.11 Å². The zero-order chi connectivity index (χ0) is 12.4. The van der Waals surface area contributed by atoms with E-state index in [1.54, 1.807) is 0 Å². The van der Waals surface area contributed by atoms with E-state index in [0.717, 1.165) is 6.54 Å². The van der Waals surface area contributed by atoms with Gasteiger partial charge in [-0.2, -0.15) is 0 Å². The summed E-state index contributed by atoms with van der Waals surface area (Å²) in [5, 5.41) is 11.6. The molecule has 0 aromatic rings. The maximum atomic E-state index is 10.7. The fourth-order valence-corrected chi connectivity index (χ4v) is 1.04. The lowest BCUT2D eigenvalue weighted by Gasteiger charge is -2.14. The molecule has 0 radical (unpaired) electrons. The van der Waals surface area contributed by atoms with Crippen LogP contribution in [0.2, 0.25) is 0 Å². The van der Waals surface area contributed by atoms with Gasteiger partial charge in [0.15, 0.2) is 0 Å². The molecule has 0 aromatic heterocycles. The predicted molar refractivity (Wildman–Crippen MR) is 60.7 cm³/mol. The lowest BCUT2D eigenvalue weighted by atomic mass is 10.3. The third-order valence-corrected chi connectivity index (χ3v) is 1.95. The van der Waals surface area contributed by atoms with Crippen LogP contribution in [0.1, 0.15) is 0 Å². The predicted octanol–water partition coefficient (Wildman–Crippen LogP) is -0.746. The molecule has 0 aromatic carbocycles. The zero-order valence-electron chi connectivity index (χ0n) is 10.2. The molecule has 0 aliphatic rings. The largest absolute Gasteiger partial charge is 0.480 e. The molecular formula is C10H22N2O4. The first-order valence-electron chi connectivity index (χ1n) is 5.25. The monoisotopic (exact) mass is 234 g/mol. The van der Waals surface area contributed by atoms with Crippen molar-refractivity contribution in [3.63, 3.8) is 0 Å². The van der Waals surface area contributed by atoms with Crippen molar-refractivity contribution in [1.82, 2.24) is 10.2 Å². The second kappa shape index (κ2) is 9.53. The number of carbonyl (C=O) groups is 1. The smallest absolute Gasteiger partial charge is 0.323 e. The molecule has 96 valence electrons. The van der Waals surface area contributed by atoms with E-state index in [4.69, 9.17) is 14.6 Å². The highest BCUT2D eigenvalue weighted by atomic mass is 16.5. The van der Waals surface area contributed by atoms with Crippen LogP contribution in [-0.2, 0) is 14.3 Å². The molecule has 0 aliphatic heterocycles. The number of hydrogen-bond donors (Lipinski definition) is 2. The quantitative estimate of drug-likeness (QED) is 0.485. The van der Waals surface area contributed by atoms with Crippen LogP contribution in [0.15, 0.2) is 0 Å². The second-order valence-corrected chi connectivity index (χ2v) is 3.72. The molecule has 2 N–H and O–H groups in total. The number of nitrogens with one attached hydrogen (secondary N) is 1. The Kier molecular flexibility index (Phi) is 9.12. The summed E-state index contributed by atoms with van der Waals surface area (Å²) >= 11 is 0. The van der Waals surface area contributed by atoms with Crippen molar-refractivity contribution < 1.29 is 19.4 Å². The van der Waals surface area contributed by atoms with Gasteiger partial charge in [-0.15, -0.1) is 0 Å². The molecule has 1 unspecified atom stereocenters. The lowest BCUT2D eigenvalue weighted by molar-refractivity contribution is -0.140. The summed E-state index contributed by atoms with van der Waals surface area (Å²) in [7, 11) is 5.42. The van der Waals surface area contributed by atoms with E-state index in [2.05, 4.69) is 5.32 Å². The van der Waals surface area contributed by atoms with Gasteiger partial charge in [-0.05, 0) is 14.1 Å². The van der Waals surface area contributed by atoms with Crippen molar-refractivity contribution >= 4 is 5.97 Å². The Morgan fingerprint density at radius 1 is 1.44 bits per heavy atom. The van der Waals surface area contributed by atoms with Crippen molar-refractivity contribution in [3.8, 4) is 0 Å². The molecule has 6 heteroatoms. The molecule has 0 saturated carbocycles. The molecule has 0 heterocycles. The van der Waals surface area contributed by atoms with E-state index >= 15 is 0 Å². The van der Waals surface area contributed by atoms with Crippen molar-refractivity contribution in [2.24, 2.45) is 0 Å². The molecular weight excluding hydrogens is 212 g/mol. The van der Waals surface area contributed by atoms with Gasteiger partial charge >= 0.3 is 5.97 Å². The minimum absolute atomic E-state index is 0.160. The molecule has 0 rings (SSSR count). The van der Waals surface area contributed by atoms with Crippen LogP contribution >= 0.6 is 0 Å². The Bertz CT molecular complexity index is 188. The maximum Gasteiger partial charge on any atom is 0.323 e. The third kappa shape index (κ3) is 8.60. The highest BCUT2D eigenvalue weighted by Crippen LogP contribution is 1.85. The Balaban J connectivity index is 3.44. The van der Waals surface area contributed by atoms with Crippen molar-refractivity contribution in [3.05, 3.63) is 0 Å². The van der Waals surface area contributed by atoms with Crippen molar-refractivity contribution in [1.29, 1.82) is 0 Å². The minimum Gasteiger partial charge on any atom is -0.480 e. The van der Waals surface area contributed by atoms with Crippen LogP contribution in [0.25, 0.3) is 0 Å². The summed E-state index contributed by atoms with van der Waals surface area (Å²) in [6, 6.07) is -0.664. The van der Waals surface area contributed by atoms with Crippen LogP contribution in [0.4, 0.5) is 0 Å². The Labute approximate surface area is 96.5 Å². The van der Waals surface area contributed by atoms with E-state index in [0.29, 0.717) is 19.8 Å². The lowest BCUT2D eigenvalue weighted by Crippen LogP contribution is -2.42. The summed E-state index contributed by atoms with van der Waals surface area (Å²) in [6.07, 6.45) is 0. The molecule has 0 fully saturated rings. The highest BCUT2D eigenvalue weighted by molar-refractivity contribution is 5.73. The molecule has 0 amide bonds. The van der Waals surface area contributed by atoms with Crippen LogP contribution < -0.4 is 5.32 Å². The van der Waals surface area contributed by atoms with Crippen LogP contribution in [0, 0.1) is 0 Å². The number of hydrogen-bond acceptors (Lipinski definition) is 5. The van der Waals surface area contributed by atoms with Gasteiger partial charge in [0.25, 0.3) is 0 Å². The molecule has 0 bridgehead atoms. The summed E-state index contributed by atoms with van der Waals surface area (Å²) in [6.45, 7) is 2.68. The number of rotatable bonds is 10. The molecule has 16 heavy (non-hydrogen) atoms. The van der Waals surface area contributed by atoms with Gasteiger partial charge in [-0.1, -0.05) is 0 Å². The summed E-state index contributed by atoms with van der Waals surface area (Å²) < 4.78 is 10.1. The first-order chi connectivity index (χ1) is 7.57. The fraction of sp³-hybridized carbons (Fsp3) is 0.900.